The van der Waals surface area contributed by atoms with Crippen LogP contribution in [0.2, 0.25) is 0 Å². The Hall–Kier alpha value is -1.73. The van der Waals surface area contributed by atoms with E-state index in [1.807, 2.05) is 12.1 Å². The second kappa shape index (κ2) is 5.34. The van der Waals surface area contributed by atoms with Crippen LogP contribution in [0.3, 0.4) is 0 Å². The smallest absolute Gasteiger partial charge is 0.229 e. The van der Waals surface area contributed by atoms with Crippen molar-refractivity contribution in [3.63, 3.8) is 0 Å². The zero-order valence-electron chi connectivity index (χ0n) is 10.6. The Morgan fingerprint density at radius 2 is 2.00 bits per heavy atom. The fourth-order valence-electron chi connectivity index (χ4n) is 2.27. The van der Waals surface area contributed by atoms with Gasteiger partial charge in [0.1, 0.15) is 24.1 Å². The summed E-state index contributed by atoms with van der Waals surface area (Å²) in [6.45, 7) is -0.380. The zero-order chi connectivity index (χ0) is 14.1. The van der Waals surface area contributed by atoms with Gasteiger partial charge < -0.3 is 24.8 Å². The Bertz CT molecular complexity index is 600. The van der Waals surface area contributed by atoms with E-state index in [0.29, 0.717) is 5.75 Å². The largest absolute Gasteiger partial charge is 0.461 e. The maximum absolute atomic E-state index is 9.87. The number of benzene rings is 1. The predicted octanol–water partition coefficient (Wildman–Crippen LogP) is 0.0526. The van der Waals surface area contributed by atoms with Crippen molar-refractivity contribution < 1.29 is 24.8 Å². The maximum atomic E-state index is 9.87. The highest BCUT2D eigenvalue weighted by atomic mass is 16.7. The third-order valence-corrected chi connectivity index (χ3v) is 3.35. The predicted molar refractivity (Wildman–Crippen MR) is 70.1 cm³/mol. The lowest BCUT2D eigenvalue weighted by Crippen LogP contribution is -2.35. The quantitative estimate of drug-likeness (QED) is 0.734. The molecule has 4 atom stereocenters. The van der Waals surface area contributed by atoms with Crippen molar-refractivity contribution in [1.29, 1.82) is 0 Å². The van der Waals surface area contributed by atoms with Crippen LogP contribution < -0.4 is 4.74 Å². The van der Waals surface area contributed by atoms with Crippen LogP contribution in [0, 0.1) is 0 Å². The van der Waals surface area contributed by atoms with Crippen molar-refractivity contribution in [2.45, 2.75) is 24.6 Å². The van der Waals surface area contributed by atoms with Gasteiger partial charge in [0.05, 0.1) is 12.1 Å². The standard InChI is InChI=1S/C14H15NO5/c16-7-11-12(17)13(18)14(20-11)19-10-5-1-4-9-8(10)3-2-6-15-9/h1-6,11-14,16-18H,7H2/t11-,12-,13-,14-/m1/s1. The van der Waals surface area contributed by atoms with Crippen LogP contribution in [0.4, 0.5) is 0 Å². The lowest BCUT2D eigenvalue weighted by molar-refractivity contribution is -0.115. The normalized spacial score (nSPS) is 29.8. The molecule has 0 bridgehead atoms. The summed E-state index contributed by atoms with van der Waals surface area (Å²) >= 11 is 0. The number of aromatic nitrogens is 1. The van der Waals surface area contributed by atoms with Gasteiger partial charge in [0, 0.05) is 11.6 Å². The van der Waals surface area contributed by atoms with Crippen molar-refractivity contribution >= 4 is 10.9 Å². The van der Waals surface area contributed by atoms with Gasteiger partial charge in [0.15, 0.2) is 0 Å². The molecule has 1 aliphatic rings. The van der Waals surface area contributed by atoms with Gasteiger partial charge in [-0.3, -0.25) is 4.98 Å². The molecule has 6 heteroatoms. The number of rotatable bonds is 3. The number of ether oxygens (including phenoxy) is 2. The van der Waals surface area contributed by atoms with Gasteiger partial charge in [0.2, 0.25) is 6.29 Å². The minimum absolute atomic E-state index is 0.380. The van der Waals surface area contributed by atoms with Crippen molar-refractivity contribution in [1.82, 2.24) is 4.98 Å². The zero-order valence-corrected chi connectivity index (χ0v) is 10.6. The number of hydrogen-bond acceptors (Lipinski definition) is 6. The van der Waals surface area contributed by atoms with E-state index in [4.69, 9.17) is 14.6 Å². The van der Waals surface area contributed by atoms with Gasteiger partial charge in [-0.2, -0.15) is 0 Å². The maximum Gasteiger partial charge on any atom is 0.229 e. The molecule has 0 saturated carbocycles. The molecule has 2 aromatic rings. The van der Waals surface area contributed by atoms with Crippen LogP contribution in [-0.2, 0) is 4.74 Å². The molecule has 0 amide bonds. The third kappa shape index (κ3) is 2.23. The van der Waals surface area contributed by atoms with E-state index in [1.165, 1.54) is 0 Å². The molecule has 0 spiro atoms. The van der Waals surface area contributed by atoms with Crippen LogP contribution >= 0.6 is 0 Å². The molecular formula is C14H15NO5. The van der Waals surface area contributed by atoms with Crippen LogP contribution in [0.5, 0.6) is 5.75 Å². The molecule has 6 nitrogen and oxygen atoms in total. The first-order valence-electron chi connectivity index (χ1n) is 6.33. The van der Waals surface area contributed by atoms with Gasteiger partial charge in [-0.1, -0.05) is 6.07 Å². The van der Waals surface area contributed by atoms with Crippen molar-refractivity contribution in [3.05, 3.63) is 36.5 Å². The summed E-state index contributed by atoms with van der Waals surface area (Å²) in [6.07, 6.45) is -2.56. The van der Waals surface area contributed by atoms with Gasteiger partial charge >= 0.3 is 0 Å². The number of fused-ring (bicyclic) bond motifs is 1. The summed E-state index contributed by atoms with van der Waals surface area (Å²) in [5.41, 5.74) is 0.761. The van der Waals surface area contributed by atoms with E-state index in [9.17, 15) is 10.2 Å². The molecular weight excluding hydrogens is 262 g/mol. The number of aliphatic hydroxyl groups excluding tert-OH is 3. The van der Waals surface area contributed by atoms with Gasteiger partial charge in [-0.25, -0.2) is 0 Å². The lowest BCUT2D eigenvalue weighted by atomic mass is 10.1. The highest BCUT2D eigenvalue weighted by Gasteiger charge is 2.44. The molecule has 20 heavy (non-hydrogen) atoms. The fourth-order valence-corrected chi connectivity index (χ4v) is 2.27. The summed E-state index contributed by atoms with van der Waals surface area (Å²) in [5, 5.41) is 29.4. The first kappa shape index (κ1) is 13.3. The fraction of sp³-hybridized carbons (Fsp3) is 0.357. The summed E-state index contributed by atoms with van der Waals surface area (Å²) in [7, 11) is 0. The third-order valence-electron chi connectivity index (χ3n) is 3.35. The molecule has 2 heterocycles. The minimum Gasteiger partial charge on any atom is -0.461 e. The van der Waals surface area contributed by atoms with Gasteiger partial charge in [-0.15, -0.1) is 0 Å². The average molecular weight is 277 g/mol. The molecule has 1 aliphatic heterocycles. The number of pyridine rings is 1. The van der Waals surface area contributed by atoms with E-state index < -0.39 is 24.6 Å². The lowest BCUT2D eigenvalue weighted by Gasteiger charge is -2.17. The summed E-state index contributed by atoms with van der Waals surface area (Å²) in [5.74, 6) is 0.505. The van der Waals surface area contributed by atoms with E-state index in [2.05, 4.69) is 4.98 Å². The first-order chi connectivity index (χ1) is 9.70. The SMILES string of the molecule is OC[C@H]1O[C@@H](Oc2cccc3ncccc23)[C@H](O)[C@@H]1O. The van der Waals surface area contributed by atoms with Crippen molar-refractivity contribution in [3.8, 4) is 5.75 Å². The molecule has 0 unspecified atom stereocenters. The average Bonchev–Trinajstić information content (AvgIpc) is 2.75. The van der Waals surface area contributed by atoms with Crippen LogP contribution in [-0.4, -0.2) is 51.5 Å². The molecule has 1 aromatic heterocycles. The highest BCUT2D eigenvalue weighted by molar-refractivity contribution is 5.84. The van der Waals surface area contributed by atoms with E-state index in [-0.39, 0.29) is 6.61 Å². The minimum atomic E-state index is -1.21. The highest BCUT2D eigenvalue weighted by Crippen LogP contribution is 2.29. The Morgan fingerprint density at radius 1 is 1.15 bits per heavy atom. The van der Waals surface area contributed by atoms with Crippen LogP contribution in [0.25, 0.3) is 10.9 Å². The summed E-state index contributed by atoms with van der Waals surface area (Å²) in [4.78, 5) is 4.21. The first-order valence-corrected chi connectivity index (χ1v) is 6.33. The Morgan fingerprint density at radius 3 is 2.75 bits per heavy atom. The second-order valence-corrected chi connectivity index (χ2v) is 4.65. The van der Waals surface area contributed by atoms with Crippen LogP contribution in [0.1, 0.15) is 0 Å². The van der Waals surface area contributed by atoms with Crippen molar-refractivity contribution in [2.75, 3.05) is 6.61 Å². The second-order valence-electron chi connectivity index (χ2n) is 4.65. The molecule has 0 radical (unpaired) electrons. The van der Waals surface area contributed by atoms with Gasteiger partial charge in [-0.05, 0) is 24.3 Å². The van der Waals surface area contributed by atoms with Crippen LogP contribution in [0.15, 0.2) is 36.5 Å². The van der Waals surface area contributed by atoms with Crippen molar-refractivity contribution in [2.24, 2.45) is 0 Å². The Kier molecular flexibility index (Phi) is 3.54. The monoisotopic (exact) mass is 277 g/mol. The summed E-state index contributed by atoms with van der Waals surface area (Å²) in [6, 6.07) is 9.00. The number of hydrogen-bond donors (Lipinski definition) is 3. The van der Waals surface area contributed by atoms with E-state index in [0.717, 1.165) is 10.9 Å². The molecule has 1 aromatic carbocycles. The molecule has 1 fully saturated rings. The Balaban J connectivity index is 1.87. The van der Waals surface area contributed by atoms with E-state index >= 15 is 0 Å². The topological polar surface area (TPSA) is 92.0 Å². The summed E-state index contributed by atoms with van der Waals surface area (Å²) < 4.78 is 10.9. The molecule has 0 aliphatic carbocycles. The number of nitrogens with zero attached hydrogens (tertiary/aromatic N) is 1. The Labute approximate surface area is 115 Å². The molecule has 3 N–H and O–H groups in total. The molecule has 3 rings (SSSR count). The molecule has 1 saturated heterocycles. The van der Waals surface area contributed by atoms with Gasteiger partial charge in [0.25, 0.3) is 0 Å². The number of aliphatic hydroxyl groups is 3. The van der Waals surface area contributed by atoms with E-state index in [1.54, 1.807) is 24.4 Å². The molecule has 106 valence electrons.